The number of aliphatic imine (C=N–C) groups is 2. The van der Waals surface area contributed by atoms with E-state index < -0.39 is 0 Å². The second-order valence-electron chi connectivity index (χ2n) is 6.11. The van der Waals surface area contributed by atoms with Crippen molar-refractivity contribution in [2.24, 2.45) is 9.98 Å². The minimum absolute atomic E-state index is 0.641. The van der Waals surface area contributed by atoms with E-state index in [9.17, 15) is 0 Å². The Hall–Kier alpha value is -1.07. The van der Waals surface area contributed by atoms with Gasteiger partial charge < -0.3 is 5.32 Å². The van der Waals surface area contributed by atoms with E-state index in [4.69, 9.17) is 0 Å². The Labute approximate surface area is 145 Å². The molecule has 0 amide bonds. The molecule has 0 bridgehead atoms. The molecule has 2 rings (SSSR count). The van der Waals surface area contributed by atoms with E-state index in [2.05, 4.69) is 40.4 Å². The first kappa shape index (κ1) is 18.3. The zero-order valence-corrected chi connectivity index (χ0v) is 15.3. The number of hydrogen-bond donors (Lipinski definition) is 1. The lowest BCUT2D eigenvalue weighted by atomic mass is 10.0. The fraction of sp³-hybridized carbons (Fsp3) is 0.667. The topological polar surface area (TPSA) is 40.0 Å². The average molecular weight is 335 g/mol. The maximum absolute atomic E-state index is 4.55. The maximum Gasteiger partial charge on any atom is 0.0868 e. The van der Waals surface area contributed by atoms with E-state index in [1.54, 1.807) is 0 Å². The lowest BCUT2D eigenvalue weighted by Gasteiger charge is -2.29. The number of likely N-dealkylation sites (tertiary alicyclic amines) is 1. The molecule has 1 N–H and O–H groups in total. The maximum atomic E-state index is 4.55. The van der Waals surface area contributed by atoms with Crippen LogP contribution in [0.3, 0.4) is 0 Å². The lowest BCUT2D eigenvalue weighted by molar-refractivity contribution is 0.242. The SMILES string of the molecule is C=NC/C(C(=C)CC)=C(/CN1CCCCC1)NCC1=NCCS1. The van der Waals surface area contributed by atoms with Crippen molar-refractivity contribution in [1.29, 1.82) is 0 Å². The molecule has 0 spiro atoms. The van der Waals surface area contributed by atoms with Crippen LogP contribution in [0.1, 0.15) is 32.6 Å². The first-order valence-corrected chi connectivity index (χ1v) is 9.68. The number of nitrogens with zero attached hydrogens (tertiary/aromatic N) is 3. The van der Waals surface area contributed by atoms with E-state index >= 15 is 0 Å². The van der Waals surface area contributed by atoms with Crippen LogP contribution in [0, 0.1) is 0 Å². The number of rotatable bonds is 9. The van der Waals surface area contributed by atoms with Crippen molar-refractivity contribution in [3.8, 4) is 0 Å². The van der Waals surface area contributed by atoms with Crippen LogP contribution in [0.15, 0.2) is 33.4 Å². The van der Waals surface area contributed by atoms with E-state index in [0.29, 0.717) is 6.54 Å². The average Bonchev–Trinajstić information content (AvgIpc) is 3.10. The van der Waals surface area contributed by atoms with Crippen LogP contribution in [-0.2, 0) is 0 Å². The van der Waals surface area contributed by atoms with Crippen molar-refractivity contribution < 1.29 is 0 Å². The summed E-state index contributed by atoms with van der Waals surface area (Å²) >= 11 is 1.86. The summed E-state index contributed by atoms with van der Waals surface area (Å²) in [6.07, 6.45) is 4.92. The molecule has 4 nitrogen and oxygen atoms in total. The van der Waals surface area contributed by atoms with Crippen molar-refractivity contribution in [1.82, 2.24) is 10.2 Å². The van der Waals surface area contributed by atoms with Gasteiger partial charge in [-0.2, -0.15) is 0 Å². The van der Waals surface area contributed by atoms with E-state index in [1.807, 2.05) is 11.8 Å². The van der Waals surface area contributed by atoms with Crippen molar-refractivity contribution in [2.45, 2.75) is 32.6 Å². The summed E-state index contributed by atoms with van der Waals surface area (Å²) in [5, 5.41) is 4.86. The molecule has 23 heavy (non-hydrogen) atoms. The minimum atomic E-state index is 0.641. The molecule has 0 unspecified atom stereocenters. The largest absolute Gasteiger partial charge is 0.381 e. The van der Waals surface area contributed by atoms with E-state index in [-0.39, 0.29) is 0 Å². The molecule has 0 aromatic heterocycles. The predicted octanol–water partition coefficient (Wildman–Crippen LogP) is 3.13. The van der Waals surface area contributed by atoms with Gasteiger partial charge in [0.25, 0.3) is 0 Å². The van der Waals surface area contributed by atoms with Gasteiger partial charge in [-0.25, -0.2) is 0 Å². The molecule has 2 heterocycles. The highest BCUT2D eigenvalue weighted by Gasteiger charge is 2.17. The monoisotopic (exact) mass is 334 g/mol. The number of piperidine rings is 1. The molecular formula is C18H30N4S. The Morgan fingerprint density at radius 3 is 2.74 bits per heavy atom. The highest BCUT2D eigenvalue weighted by Crippen LogP contribution is 2.19. The van der Waals surface area contributed by atoms with Crippen molar-refractivity contribution in [2.75, 3.05) is 45.0 Å². The van der Waals surface area contributed by atoms with Gasteiger partial charge in [-0.1, -0.05) is 19.9 Å². The second-order valence-corrected chi connectivity index (χ2v) is 7.28. The highest BCUT2D eigenvalue weighted by molar-refractivity contribution is 8.14. The molecule has 5 heteroatoms. The summed E-state index contributed by atoms with van der Waals surface area (Å²) in [6, 6.07) is 0. The van der Waals surface area contributed by atoms with Gasteiger partial charge in [0.1, 0.15) is 0 Å². The first-order chi connectivity index (χ1) is 11.2. The van der Waals surface area contributed by atoms with Gasteiger partial charge in [0, 0.05) is 24.5 Å². The fourth-order valence-corrected chi connectivity index (χ4v) is 3.79. The molecule has 0 atom stereocenters. The summed E-state index contributed by atoms with van der Waals surface area (Å²) in [5.74, 6) is 1.12. The predicted molar refractivity (Wildman–Crippen MR) is 104 cm³/mol. The molecule has 0 saturated carbocycles. The summed E-state index contributed by atoms with van der Waals surface area (Å²) in [7, 11) is 0. The van der Waals surface area contributed by atoms with Gasteiger partial charge in [0.15, 0.2) is 0 Å². The molecule has 2 aliphatic heterocycles. The summed E-state index contributed by atoms with van der Waals surface area (Å²) < 4.78 is 0. The Balaban J connectivity index is 2.12. The Morgan fingerprint density at radius 2 is 2.13 bits per heavy atom. The molecular weight excluding hydrogens is 304 g/mol. The Kier molecular flexibility index (Phi) is 7.89. The minimum Gasteiger partial charge on any atom is -0.381 e. The third kappa shape index (κ3) is 5.81. The van der Waals surface area contributed by atoms with E-state index in [1.165, 1.54) is 48.7 Å². The van der Waals surface area contributed by atoms with Crippen LogP contribution in [0.4, 0.5) is 0 Å². The zero-order chi connectivity index (χ0) is 16.5. The highest BCUT2D eigenvalue weighted by atomic mass is 32.2. The fourth-order valence-electron chi connectivity index (χ4n) is 3.01. The van der Waals surface area contributed by atoms with Gasteiger partial charge in [0.05, 0.1) is 18.1 Å². The lowest BCUT2D eigenvalue weighted by Crippen LogP contribution is -2.36. The molecule has 128 valence electrons. The van der Waals surface area contributed by atoms with Gasteiger partial charge in [-0.3, -0.25) is 14.9 Å². The van der Waals surface area contributed by atoms with Crippen LogP contribution in [-0.4, -0.2) is 61.7 Å². The van der Waals surface area contributed by atoms with Crippen molar-refractivity contribution in [3.63, 3.8) is 0 Å². The van der Waals surface area contributed by atoms with Gasteiger partial charge in [-0.15, -0.1) is 11.8 Å². The zero-order valence-electron chi connectivity index (χ0n) is 14.4. The third-order valence-corrected chi connectivity index (χ3v) is 5.41. The molecule has 2 aliphatic rings. The molecule has 0 aliphatic carbocycles. The van der Waals surface area contributed by atoms with Gasteiger partial charge in [0.2, 0.25) is 0 Å². The van der Waals surface area contributed by atoms with Gasteiger partial charge in [-0.05, 0) is 50.2 Å². The normalized spacial score (nSPS) is 20.0. The molecule has 0 radical (unpaired) electrons. The standard InChI is InChI=1S/C18H30N4S/c1-4-15(2)16(12-19-3)17(14-22-9-6-5-7-10-22)21-13-18-20-8-11-23-18/h21H,2-14H2,1H3/b17-16+. The Bertz CT molecular complexity index is 475. The van der Waals surface area contributed by atoms with Crippen LogP contribution < -0.4 is 5.32 Å². The van der Waals surface area contributed by atoms with Crippen molar-refractivity contribution in [3.05, 3.63) is 23.4 Å². The van der Waals surface area contributed by atoms with E-state index in [0.717, 1.165) is 37.4 Å². The van der Waals surface area contributed by atoms with Crippen LogP contribution in [0.2, 0.25) is 0 Å². The Morgan fingerprint density at radius 1 is 1.35 bits per heavy atom. The first-order valence-electron chi connectivity index (χ1n) is 8.69. The molecule has 1 fully saturated rings. The summed E-state index contributed by atoms with van der Waals surface area (Å²) in [4.78, 5) is 11.2. The van der Waals surface area contributed by atoms with Crippen LogP contribution >= 0.6 is 11.8 Å². The van der Waals surface area contributed by atoms with Crippen LogP contribution in [0.5, 0.6) is 0 Å². The quantitative estimate of drug-likeness (QED) is 0.520. The summed E-state index contributed by atoms with van der Waals surface area (Å²) in [6.45, 7) is 15.8. The molecule has 0 aromatic rings. The summed E-state index contributed by atoms with van der Waals surface area (Å²) in [5.41, 5.74) is 3.66. The smallest absolute Gasteiger partial charge is 0.0868 e. The van der Waals surface area contributed by atoms with Crippen molar-refractivity contribution >= 4 is 23.5 Å². The second kappa shape index (κ2) is 9.93. The molecule has 0 aromatic carbocycles. The van der Waals surface area contributed by atoms with Crippen LogP contribution in [0.25, 0.3) is 0 Å². The number of nitrogens with one attached hydrogen (secondary N) is 1. The van der Waals surface area contributed by atoms with Gasteiger partial charge >= 0.3 is 0 Å². The number of thioether (sulfide) groups is 1. The third-order valence-electron chi connectivity index (χ3n) is 4.42. The molecule has 1 saturated heterocycles. The number of hydrogen-bond acceptors (Lipinski definition) is 5.